The van der Waals surface area contributed by atoms with Crippen LogP contribution in [0, 0.1) is 0 Å². The average Bonchev–Trinajstić information content (AvgIpc) is 3.00. The Morgan fingerprint density at radius 2 is 1.13 bits per heavy atom. The maximum absolute atomic E-state index is 12.9. The van der Waals surface area contributed by atoms with Gasteiger partial charge in [0.2, 0.25) is 11.8 Å². The number of nitrogens with one attached hydrogen (secondary N) is 4. The number of anilines is 2. The second-order valence-electron chi connectivity index (χ2n) is 6.75. The number of hydrogen-bond acceptors (Lipinski definition) is 7. The Balaban J connectivity index is 1.70. The van der Waals surface area contributed by atoms with Crippen LogP contribution in [0.15, 0.2) is 36.4 Å². The summed E-state index contributed by atoms with van der Waals surface area (Å²) in [5, 5.41) is 28.5. The van der Waals surface area contributed by atoms with Gasteiger partial charge in [-0.25, -0.2) is 0 Å². The second-order valence-corrected chi connectivity index (χ2v) is 6.75. The van der Waals surface area contributed by atoms with E-state index in [0.29, 0.717) is 35.6 Å². The molecule has 0 aliphatic heterocycles. The lowest BCUT2D eigenvalue weighted by Gasteiger charge is -2.08. The third-order valence-corrected chi connectivity index (χ3v) is 4.53. The summed E-state index contributed by atoms with van der Waals surface area (Å²) in [6, 6.07) is 10.3. The molecule has 1 aliphatic rings. The van der Waals surface area contributed by atoms with Crippen molar-refractivity contribution in [1.29, 1.82) is 0 Å². The van der Waals surface area contributed by atoms with Gasteiger partial charge in [-0.15, -0.1) is 0 Å². The van der Waals surface area contributed by atoms with E-state index in [-0.39, 0.29) is 43.9 Å². The van der Waals surface area contributed by atoms with Crippen molar-refractivity contribution in [2.75, 3.05) is 50.0 Å². The van der Waals surface area contributed by atoms with Crippen molar-refractivity contribution < 1.29 is 24.6 Å². The molecule has 2 aromatic carbocycles. The molecule has 0 saturated heterocycles. The molecule has 158 valence electrons. The lowest BCUT2D eigenvalue weighted by Crippen LogP contribution is -2.30. The molecule has 9 heteroatoms. The van der Waals surface area contributed by atoms with Crippen LogP contribution in [-0.4, -0.2) is 67.2 Å². The number of benzene rings is 2. The molecule has 0 heterocycles. The minimum Gasteiger partial charge on any atom is -0.395 e. The fraction of sp³-hybridized carbons (Fsp3) is 0.286. The SMILES string of the molecule is O=C(CNCCO)Nc1ccc2c(c1)C(=O)c1cc(NC(=O)CNCCO)ccc1-2. The molecule has 0 fully saturated rings. The molecule has 2 amide bonds. The van der Waals surface area contributed by atoms with Crippen LogP contribution < -0.4 is 21.3 Å². The third-order valence-electron chi connectivity index (χ3n) is 4.53. The molecule has 2 aromatic rings. The number of aliphatic hydroxyl groups is 2. The topological polar surface area (TPSA) is 140 Å². The van der Waals surface area contributed by atoms with Crippen LogP contribution >= 0.6 is 0 Å². The molecule has 3 rings (SSSR count). The zero-order valence-electron chi connectivity index (χ0n) is 16.3. The van der Waals surface area contributed by atoms with E-state index in [1.54, 1.807) is 36.4 Å². The second kappa shape index (κ2) is 10.1. The number of carbonyl (C=O) groups excluding carboxylic acids is 3. The Bertz CT molecular complexity index is 885. The van der Waals surface area contributed by atoms with Crippen molar-refractivity contribution >= 4 is 29.0 Å². The van der Waals surface area contributed by atoms with Crippen LogP contribution in [0.1, 0.15) is 15.9 Å². The molecule has 9 nitrogen and oxygen atoms in total. The van der Waals surface area contributed by atoms with Crippen molar-refractivity contribution in [1.82, 2.24) is 10.6 Å². The maximum Gasteiger partial charge on any atom is 0.238 e. The Hall–Kier alpha value is -3.11. The lowest BCUT2D eigenvalue weighted by molar-refractivity contribution is -0.116. The van der Waals surface area contributed by atoms with E-state index in [9.17, 15) is 14.4 Å². The highest BCUT2D eigenvalue weighted by atomic mass is 16.3. The third kappa shape index (κ3) is 5.08. The van der Waals surface area contributed by atoms with Gasteiger partial charge in [0.15, 0.2) is 5.78 Å². The molecule has 0 atom stereocenters. The molecule has 0 unspecified atom stereocenters. The van der Waals surface area contributed by atoms with Gasteiger partial charge in [0.05, 0.1) is 26.3 Å². The zero-order valence-corrected chi connectivity index (χ0v) is 16.3. The van der Waals surface area contributed by atoms with Crippen molar-refractivity contribution in [3.63, 3.8) is 0 Å². The summed E-state index contributed by atoms with van der Waals surface area (Å²) in [6.07, 6.45) is 0. The monoisotopic (exact) mass is 412 g/mol. The summed E-state index contributed by atoms with van der Waals surface area (Å²) >= 11 is 0. The van der Waals surface area contributed by atoms with Gasteiger partial charge in [0, 0.05) is 35.6 Å². The number of hydrogen-bond donors (Lipinski definition) is 6. The molecular weight excluding hydrogens is 388 g/mol. The summed E-state index contributed by atoms with van der Waals surface area (Å²) in [5.41, 5.74) is 3.53. The quantitative estimate of drug-likeness (QED) is 0.256. The van der Waals surface area contributed by atoms with Crippen molar-refractivity contribution in [2.24, 2.45) is 0 Å². The fourth-order valence-electron chi connectivity index (χ4n) is 3.21. The summed E-state index contributed by atoms with van der Waals surface area (Å²) in [6.45, 7) is 0.647. The number of aliphatic hydroxyl groups excluding tert-OH is 2. The van der Waals surface area contributed by atoms with Gasteiger partial charge in [0.25, 0.3) is 0 Å². The van der Waals surface area contributed by atoms with Crippen LogP contribution in [-0.2, 0) is 9.59 Å². The minimum absolute atomic E-state index is 0.0551. The van der Waals surface area contributed by atoms with Gasteiger partial charge < -0.3 is 31.5 Å². The Morgan fingerprint density at radius 3 is 1.53 bits per heavy atom. The van der Waals surface area contributed by atoms with E-state index < -0.39 is 0 Å². The highest BCUT2D eigenvalue weighted by molar-refractivity contribution is 6.22. The Kier molecular flexibility index (Phi) is 7.26. The first-order valence-corrected chi connectivity index (χ1v) is 9.59. The number of carbonyl (C=O) groups is 3. The van der Waals surface area contributed by atoms with Crippen LogP contribution in [0.25, 0.3) is 11.1 Å². The maximum atomic E-state index is 12.9. The standard InChI is InChI=1S/C21H24N4O5/c26-7-5-22-11-19(28)24-13-1-3-15-16-4-2-14(25-20(29)12-23-6-8-27)10-18(16)21(30)17(15)9-13/h1-4,9-10,22-23,26-27H,5-8,11-12H2,(H,24,28)(H,25,29). The number of ketones is 1. The van der Waals surface area contributed by atoms with Crippen LogP contribution in [0.5, 0.6) is 0 Å². The molecule has 0 spiro atoms. The van der Waals surface area contributed by atoms with Crippen molar-refractivity contribution in [3.05, 3.63) is 47.5 Å². The summed E-state index contributed by atoms with van der Waals surface area (Å²) in [7, 11) is 0. The van der Waals surface area contributed by atoms with E-state index in [2.05, 4.69) is 21.3 Å². The Morgan fingerprint density at radius 1 is 0.700 bits per heavy atom. The van der Waals surface area contributed by atoms with E-state index >= 15 is 0 Å². The molecule has 0 aromatic heterocycles. The normalized spacial score (nSPS) is 11.7. The predicted octanol–water partition coefficient (Wildman–Crippen LogP) is -0.0612. The predicted molar refractivity (Wildman–Crippen MR) is 112 cm³/mol. The number of rotatable bonds is 10. The van der Waals surface area contributed by atoms with Gasteiger partial charge in [0.1, 0.15) is 0 Å². The van der Waals surface area contributed by atoms with E-state index in [1.165, 1.54) is 0 Å². The molecule has 6 N–H and O–H groups in total. The van der Waals surface area contributed by atoms with Crippen molar-refractivity contribution in [2.45, 2.75) is 0 Å². The molecule has 0 saturated carbocycles. The smallest absolute Gasteiger partial charge is 0.238 e. The molecule has 0 radical (unpaired) electrons. The van der Waals surface area contributed by atoms with E-state index in [0.717, 1.165) is 11.1 Å². The first-order valence-electron chi connectivity index (χ1n) is 9.59. The zero-order chi connectivity index (χ0) is 21.5. The summed E-state index contributed by atoms with van der Waals surface area (Å²) in [5.74, 6) is -0.721. The van der Waals surface area contributed by atoms with E-state index in [4.69, 9.17) is 10.2 Å². The summed E-state index contributed by atoms with van der Waals surface area (Å²) in [4.78, 5) is 36.7. The lowest BCUT2D eigenvalue weighted by atomic mass is 10.0. The largest absolute Gasteiger partial charge is 0.395 e. The molecule has 0 bridgehead atoms. The van der Waals surface area contributed by atoms with Crippen molar-refractivity contribution in [3.8, 4) is 11.1 Å². The average molecular weight is 412 g/mol. The highest BCUT2D eigenvalue weighted by Crippen LogP contribution is 2.39. The van der Waals surface area contributed by atoms with Crippen LogP contribution in [0.3, 0.4) is 0 Å². The minimum atomic E-state index is -0.272. The molecule has 30 heavy (non-hydrogen) atoms. The van der Waals surface area contributed by atoms with E-state index in [1.807, 2.05) is 0 Å². The molecule has 1 aliphatic carbocycles. The summed E-state index contributed by atoms with van der Waals surface area (Å²) < 4.78 is 0. The van der Waals surface area contributed by atoms with Gasteiger partial charge >= 0.3 is 0 Å². The van der Waals surface area contributed by atoms with Crippen LogP contribution in [0.4, 0.5) is 11.4 Å². The van der Waals surface area contributed by atoms with Gasteiger partial charge in [-0.05, 0) is 35.4 Å². The fourth-order valence-corrected chi connectivity index (χ4v) is 3.21. The van der Waals surface area contributed by atoms with Gasteiger partial charge in [-0.2, -0.15) is 0 Å². The molecular formula is C21H24N4O5. The first kappa shape index (κ1) is 21.6. The van der Waals surface area contributed by atoms with Gasteiger partial charge in [-0.3, -0.25) is 14.4 Å². The van der Waals surface area contributed by atoms with Crippen LogP contribution in [0.2, 0.25) is 0 Å². The number of fused-ring (bicyclic) bond motifs is 3. The number of amides is 2. The highest BCUT2D eigenvalue weighted by Gasteiger charge is 2.27. The Labute approximate surface area is 173 Å². The first-order chi connectivity index (χ1) is 14.5. The van der Waals surface area contributed by atoms with Gasteiger partial charge in [-0.1, -0.05) is 12.1 Å².